The number of nitrogens with zero attached hydrogens (tertiary/aromatic N) is 2. The largest absolute Gasteiger partial charge is 0.467 e. The van der Waals surface area contributed by atoms with Gasteiger partial charge in [-0.3, -0.25) is 4.79 Å². The Labute approximate surface area is 219 Å². The molecule has 2 aromatic rings. The normalized spacial score (nSPS) is 15.3. The molecule has 0 radical (unpaired) electrons. The zero-order valence-corrected chi connectivity index (χ0v) is 21.7. The van der Waals surface area contributed by atoms with Crippen LogP contribution in [0, 0.1) is 5.41 Å². The summed E-state index contributed by atoms with van der Waals surface area (Å²) in [5, 5.41) is 5.67. The van der Waals surface area contributed by atoms with Crippen LogP contribution in [0.4, 0.5) is 18.9 Å². The van der Waals surface area contributed by atoms with Crippen LogP contribution in [0.2, 0.25) is 0 Å². The van der Waals surface area contributed by atoms with Crippen LogP contribution in [0.3, 0.4) is 0 Å². The van der Waals surface area contributed by atoms with Crippen molar-refractivity contribution in [2.75, 3.05) is 12.4 Å². The first-order valence-electron chi connectivity index (χ1n) is 12.3. The van der Waals surface area contributed by atoms with Crippen LogP contribution in [0.5, 0.6) is 0 Å². The van der Waals surface area contributed by atoms with E-state index >= 15 is 0 Å². The molecule has 0 aliphatic heterocycles. The van der Waals surface area contributed by atoms with Crippen LogP contribution in [0.1, 0.15) is 73.5 Å². The first-order valence-corrected chi connectivity index (χ1v) is 12.7. The number of thiocarbonyl (C=S) groups is 1. The Morgan fingerprint density at radius 3 is 2.46 bits per heavy atom. The topological polar surface area (TPSA) is 93.2 Å². The summed E-state index contributed by atoms with van der Waals surface area (Å²) in [6.45, 7) is 2.16. The summed E-state index contributed by atoms with van der Waals surface area (Å²) in [7, 11) is 1.32. The molecule has 7 nitrogen and oxygen atoms in total. The summed E-state index contributed by atoms with van der Waals surface area (Å²) in [6.07, 6.45) is 4.55. The molecule has 1 amide bonds. The van der Waals surface area contributed by atoms with Gasteiger partial charge < -0.3 is 15.4 Å². The molecule has 1 atom stereocenters. The van der Waals surface area contributed by atoms with E-state index in [0.29, 0.717) is 4.99 Å². The van der Waals surface area contributed by atoms with Gasteiger partial charge in [0.25, 0.3) is 5.91 Å². The number of nitrogens with one attached hydrogen (secondary N) is 2. The Morgan fingerprint density at radius 1 is 1.19 bits per heavy atom. The second kappa shape index (κ2) is 12.4. The highest BCUT2D eigenvalue weighted by Crippen LogP contribution is 2.46. The van der Waals surface area contributed by atoms with Crippen LogP contribution in [-0.2, 0) is 22.1 Å². The molecule has 1 fully saturated rings. The first-order chi connectivity index (χ1) is 17.6. The highest BCUT2D eigenvalue weighted by molar-refractivity contribution is 7.80. The molecule has 11 heteroatoms. The maximum absolute atomic E-state index is 13.2. The standard InChI is InChI=1S/C26H31F3N4O3S/c1-3-4-5-11-25(12-6-13-25)24(37)33-20(23(35)36-2)14-17-7-9-18(10-8-17)32-22(34)19-15-30-16-31-21(19)26(27,28)29/h7-10,15-16,20H,3-6,11-14H2,1-2H3,(H,32,34)(H,33,37). The van der Waals surface area contributed by atoms with Crippen LogP contribution in [0.15, 0.2) is 36.8 Å². The van der Waals surface area contributed by atoms with E-state index in [-0.39, 0.29) is 17.5 Å². The van der Waals surface area contributed by atoms with Gasteiger partial charge in [0.15, 0.2) is 5.69 Å². The summed E-state index contributed by atoms with van der Waals surface area (Å²) >= 11 is 5.74. The van der Waals surface area contributed by atoms with Gasteiger partial charge in [-0.1, -0.05) is 57.0 Å². The molecule has 1 aliphatic carbocycles. The molecule has 1 aromatic carbocycles. The Morgan fingerprint density at radius 2 is 1.89 bits per heavy atom. The van der Waals surface area contributed by atoms with Crippen LogP contribution in [0.25, 0.3) is 0 Å². The number of halogens is 3. The third kappa shape index (κ3) is 7.24. The van der Waals surface area contributed by atoms with Crippen LogP contribution >= 0.6 is 12.2 Å². The van der Waals surface area contributed by atoms with E-state index in [1.807, 2.05) is 0 Å². The highest BCUT2D eigenvalue weighted by Gasteiger charge is 2.41. The number of amides is 1. The quantitative estimate of drug-likeness (QED) is 0.223. The number of anilines is 1. The van der Waals surface area contributed by atoms with E-state index in [1.165, 1.54) is 7.11 Å². The summed E-state index contributed by atoms with van der Waals surface area (Å²) in [6, 6.07) is 5.79. The number of ether oxygens (including phenoxy) is 1. The number of benzene rings is 1. The molecule has 200 valence electrons. The predicted molar refractivity (Wildman–Crippen MR) is 137 cm³/mol. The molecular weight excluding hydrogens is 505 g/mol. The lowest BCUT2D eigenvalue weighted by atomic mass is 9.65. The van der Waals surface area contributed by atoms with E-state index in [2.05, 4.69) is 27.5 Å². The van der Waals surface area contributed by atoms with Crippen molar-refractivity contribution in [3.63, 3.8) is 0 Å². The van der Waals surface area contributed by atoms with Gasteiger partial charge in [0.2, 0.25) is 0 Å². The summed E-state index contributed by atoms with van der Waals surface area (Å²) < 4.78 is 44.5. The molecule has 37 heavy (non-hydrogen) atoms. The third-order valence-electron chi connectivity index (χ3n) is 6.72. The third-order valence-corrected chi connectivity index (χ3v) is 7.27. The van der Waals surface area contributed by atoms with E-state index in [1.54, 1.807) is 24.3 Å². The van der Waals surface area contributed by atoms with E-state index in [9.17, 15) is 22.8 Å². The number of carbonyl (C=O) groups is 2. The van der Waals surface area contributed by atoms with Crippen molar-refractivity contribution in [1.82, 2.24) is 15.3 Å². The predicted octanol–water partition coefficient (Wildman–Crippen LogP) is 5.50. The number of carbonyl (C=O) groups excluding carboxylic acids is 2. The van der Waals surface area contributed by atoms with Gasteiger partial charge >= 0.3 is 12.1 Å². The Kier molecular flexibility index (Phi) is 9.58. The molecular formula is C26H31F3N4O3S. The highest BCUT2D eigenvalue weighted by atomic mass is 32.1. The van der Waals surface area contributed by atoms with E-state index in [4.69, 9.17) is 17.0 Å². The summed E-state index contributed by atoms with van der Waals surface area (Å²) in [5.41, 5.74) is -1.00. The average Bonchev–Trinajstić information content (AvgIpc) is 2.85. The lowest BCUT2D eigenvalue weighted by Crippen LogP contribution is -2.51. The SMILES string of the molecule is CCCCCC1(C(=S)NC(Cc2ccc(NC(=O)c3cncnc3C(F)(F)F)cc2)C(=O)OC)CCC1. The molecule has 0 bridgehead atoms. The van der Waals surface area contributed by atoms with E-state index in [0.717, 1.165) is 63.0 Å². The lowest BCUT2D eigenvalue weighted by Gasteiger charge is -2.43. The van der Waals surface area contributed by atoms with Crippen molar-refractivity contribution in [2.45, 2.75) is 70.5 Å². The minimum atomic E-state index is -4.79. The average molecular weight is 537 g/mol. The van der Waals surface area contributed by atoms with Gasteiger partial charge in [-0.05, 0) is 37.0 Å². The number of alkyl halides is 3. The molecule has 3 rings (SSSR count). The zero-order valence-electron chi connectivity index (χ0n) is 20.9. The van der Waals surface area contributed by atoms with Gasteiger partial charge in [-0.2, -0.15) is 13.2 Å². The Hall–Kier alpha value is -3.08. The second-order valence-corrected chi connectivity index (χ2v) is 9.69. The number of hydrogen-bond donors (Lipinski definition) is 2. The van der Waals surface area contributed by atoms with Gasteiger partial charge in [-0.25, -0.2) is 14.8 Å². The first kappa shape index (κ1) is 28.5. The molecule has 1 heterocycles. The number of hydrogen-bond acceptors (Lipinski definition) is 6. The minimum Gasteiger partial charge on any atom is -0.467 e. The van der Waals surface area contributed by atoms with Gasteiger partial charge in [0.05, 0.1) is 17.7 Å². The Balaban J connectivity index is 1.67. The number of aromatic nitrogens is 2. The van der Waals surface area contributed by atoms with Crippen LogP contribution in [-0.4, -0.2) is 40.0 Å². The van der Waals surface area contributed by atoms with Crippen molar-refractivity contribution in [1.29, 1.82) is 0 Å². The lowest BCUT2D eigenvalue weighted by molar-refractivity contribution is -0.143. The Bertz CT molecular complexity index is 1100. The zero-order chi connectivity index (χ0) is 27.1. The molecule has 1 aliphatic rings. The number of esters is 1. The fraction of sp³-hybridized carbons (Fsp3) is 0.500. The van der Waals surface area contributed by atoms with Crippen molar-refractivity contribution in [3.05, 3.63) is 53.6 Å². The van der Waals surface area contributed by atoms with Crippen LogP contribution < -0.4 is 10.6 Å². The van der Waals surface area contributed by atoms with Crippen molar-refractivity contribution in [3.8, 4) is 0 Å². The molecule has 0 spiro atoms. The fourth-order valence-electron chi connectivity index (χ4n) is 4.43. The summed E-state index contributed by atoms with van der Waals surface area (Å²) in [4.78, 5) is 32.4. The van der Waals surface area contributed by atoms with Crippen molar-refractivity contribution >= 4 is 34.8 Å². The molecule has 1 saturated carbocycles. The number of unbranched alkanes of at least 4 members (excludes halogenated alkanes) is 2. The second-order valence-electron chi connectivity index (χ2n) is 9.28. The van der Waals surface area contributed by atoms with Gasteiger partial charge in [0.1, 0.15) is 12.4 Å². The summed E-state index contributed by atoms with van der Waals surface area (Å²) in [5.74, 6) is -1.42. The number of methoxy groups -OCH3 is 1. The minimum absolute atomic E-state index is 0.0681. The molecule has 0 saturated heterocycles. The fourth-order valence-corrected chi connectivity index (χ4v) is 4.88. The molecule has 1 aromatic heterocycles. The van der Waals surface area contributed by atoms with Gasteiger partial charge in [-0.15, -0.1) is 0 Å². The maximum atomic E-state index is 13.2. The number of rotatable bonds is 11. The molecule has 2 N–H and O–H groups in total. The molecule has 1 unspecified atom stereocenters. The monoisotopic (exact) mass is 536 g/mol. The van der Waals surface area contributed by atoms with Crippen molar-refractivity contribution in [2.24, 2.45) is 5.41 Å². The van der Waals surface area contributed by atoms with Gasteiger partial charge in [0, 0.05) is 23.7 Å². The van der Waals surface area contributed by atoms with Crippen molar-refractivity contribution < 1.29 is 27.5 Å². The smallest absolute Gasteiger partial charge is 0.434 e. The van der Waals surface area contributed by atoms with E-state index < -0.39 is 35.4 Å². The maximum Gasteiger partial charge on any atom is 0.434 e.